The first kappa shape index (κ1) is 18.6. The van der Waals surface area contributed by atoms with Crippen LogP contribution < -0.4 is 5.32 Å². The predicted octanol–water partition coefficient (Wildman–Crippen LogP) is 0.620. The minimum atomic E-state index is -2.07. The van der Waals surface area contributed by atoms with Gasteiger partial charge in [0.05, 0.1) is 0 Å². The molecule has 0 radical (unpaired) electrons. The number of rotatable bonds is 6. The van der Waals surface area contributed by atoms with Crippen LogP contribution >= 0.6 is 11.6 Å². The molecular weight excluding hydrogens is 337 g/mol. The standard InChI is InChI=1S/C16H21ClFN3O3/c1-20(2)5-6-21-4-3-16(24,15(21)23)14(22)19-10-11-7-12(17)9-13(18)8-11/h7-9,24H,3-6,10H2,1-2H3,(H,19,22)/t16-/m0/s1. The van der Waals surface area contributed by atoms with E-state index in [1.165, 1.54) is 17.0 Å². The van der Waals surface area contributed by atoms with Gasteiger partial charge in [-0.25, -0.2) is 4.39 Å². The van der Waals surface area contributed by atoms with Gasteiger partial charge in [0, 0.05) is 37.6 Å². The Kier molecular flexibility index (Phi) is 5.79. The van der Waals surface area contributed by atoms with Crippen LogP contribution in [0.1, 0.15) is 12.0 Å². The molecule has 0 aliphatic carbocycles. The van der Waals surface area contributed by atoms with Crippen molar-refractivity contribution in [2.45, 2.75) is 18.6 Å². The van der Waals surface area contributed by atoms with Gasteiger partial charge in [0.15, 0.2) is 0 Å². The monoisotopic (exact) mass is 357 g/mol. The lowest BCUT2D eigenvalue weighted by molar-refractivity contribution is -0.154. The zero-order valence-electron chi connectivity index (χ0n) is 13.7. The van der Waals surface area contributed by atoms with E-state index in [0.717, 1.165) is 6.07 Å². The molecule has 8 heteroatoms. The lowest BCUT2D eigenvalue weighted by atomic mass is 10.0. The van der Waals surface area contributed by atoms with E-state index in [-0.39, 0.29) is 18.0 Å². The second-order valence-electron chi connectivity index (χ2n) is 6.17. The van der Waals surface area contributed by atoms with Crippen LogP contribution in [0.15, 0.2) is 18.2 Å². The molecule has 1 aromatic carbocycles. The summed E-state index contributed by atoms with van der Waals surface area (Å²) in [6, 6.07) is 3.90. The number of likely N-dealkylation sites (N-methyl/N-ethyl adjacent to an activating group) is 1. The van der Waals surface area contributed by atoms with Crippen LogP contribution in [0.5, 0.6) is 0 Å². The lowest BCUT2D eigenvalue weighted by Crippen LogP contribution is -2.52. The number of hydrogen-bond acceptors (Lipinski definition) is 4. The van der Waals surface area contributed by atoms with Gasteiger partial charge in [-0.3, -0.25) is 9.59 Å². The zero-order chi connectivity index (χ0) is 17.9. The summed E-state index contributed by atoms with van der Waals surface area (Å²) in [7, 11) is 3.76. The van der Waals surface area contributed by atoms with Crippen LogP contribution in [0.2, 0.25) is 5.02 Å². The number of hydrogen-bond donors (Lipinski definition) is 2. The van der Waals surface area contributed by atoms with Gasteiger partial charge in [0.1, 0.15) is 5.82 Å². The van der Waals surface area contributed by atoms with Crippen LogP contribution in [0.4, 0.5) is 4.39 Å². The van der Waals surface area contributed by atoms with E-state index in [9.17, 15) is 19.1 Å². The Balaban J connectivity index is 1.97. The third-order valence-corrected chi connectivity index (χ3v) is 4.17. The Morgan fingerprint density at radius 1 is 1.46 bits per heavy atom. The Labute approximate surface area is 145 Å². The summed E-state index contributed by atoms with van der Waals surface area (Å²) in [6.07, 6.45) is 0.0367. The second-order valence-corrected chi connectivity index (χ2v) is 6.60. The van der Waals surface area contributed by atoms with Crippen molar-refractivity contribution in [2.75, 3.05) is 33.7 Å². The van der Waals surface area contributed by atoms with Crippen LogP contribution in [0, 0.1) is 5.82 Å². The molecule has 132 valence electrons. The van der Waals surface area contributed by atoms with Gasteiger partial charge in [0.2, 0.25) is 5.60 Å². The summed E-state index contributed by atoms with van der Waals surface area (Å²) < 4.78 is 13.3. The minimum absolute atomic E-state index is 0.0242. The van der Waals surface area contributed by atoms with Crippen molar-refractivity contribution < 1.29 is 19.1 Å². The Morgan fingerprint density at radius 3 is 2.79 bits per heavy atom. The van der Waals surface area contributed by atoms with E-state index in [2.05, 4.69) is 5.32 Å². The molecule has 1 saturated heterocycles. The highest BCUT2D eigenvalue weighted by atomic mass is 35.5. The maximum Gasteiger partial charge on any atom is 0.264 e. The zero-order valence-corrected chi connectivity index (χ0v) is 14.4. The first-order valence-corrected chi connectivity index (χ1v) is 8.00. The smallest absolute Gasteiger partial charge is 0.264 e. The molecule has 1 fully saturated rings. The quantitative estimate of drug-likeness (QED) is 0.732. The fourth-order valence-electron chi connectivity index (χ4n) is 2.55. The number of amides is 2. The number of nitrogens with zero attached hydrogens (tertiary/aromatic N) is 2. The van der Waals surface area contributed by atoms with E-state index in [1.54, 1.807) is 0 Å². The van der Waals surface area contributed by atoms with Crippen molar-refractivity contribution in [1.29, 1.82) is 0 Å². The molecule has 1 aromatic rings. The molecule has 0 saturated carbocycles. The summed E-state index contributed by atoms with van der Waals surface area (Å²) in [5.74, 6) is -1.89. The highest BCUT2D eigenvalue weighted by Gasteiger charge is 2.50. The Morgan fingerprint density at radius 2 is 2.17 bits per heavy atom. The third-order valence-electron chi connectivity index (χ3n) is 3.95. The van der Waals surface area contributed by atoms with Crippen molar-refractivity contribution in [1.82, 2.24) is 15.1 Å². The van der Waals surface area contributed by atoms with Gasteiger partial charge >= 0.3 is 0 Å². The van der Waals surface area contributed by atoms with E-state index >= 15 is 0 Å². The highest BCUT2D eigenvalue weighted by molar-refractivity contribution is 6.30. The van der Waals surface area contributed by atoms with Crippen molar-refractivity contribution in [3.05, 3.63) is 34.6 Å². The molecule has 0 unspecified atom stereocenters. The predicted molar refractivity (Wildman–Crippen MR) is 88.0 cm³/mol. The number of carbonyl (C=O) groups is 2. The molecule has 0 aromatic heterocycles. The highest BCUT2D eigenvalue weighted by Crippen LogP contribution is 2.23. The molecule has 0 bridgehead atoms. The maximum absolute atomic E-state index is 13.3. The SMILES string of the molecule is CN(C)CCN1CC[C@](O)(C(=O)NCc2cc(F)cc(Cl)c2)C1=O. The molecule has 1 heterocycles. The molecule has 1 aliphatic rings. The number of likely N-dealkylation sites (tertiary alicyclic amines) is 1. The fraction of sp³-hybridized carbons (Fsp3) is 0.500. The lowest BCUT2D eigenvalue weighted by Gasteiger charge is -2.22. The van der Waals surface area contributed by atoms with Crippen LogP contribution in [-0.2, 0) is 16.1 Å². The molecule has 2 N–H and O–H groups in total. The normalized spacial score (nSPS) is 20.8. The van der Waals surface area contributed by atoms with Crippen LogP contribution in [0.25, 0.3) is 0 Å². The fourth-order valence-corrected chi connectivity index (χ4v) is 2.80. The summed E-state index contributed by atoms with van der Waals surface area (Å²) in [5.41, 5.74) is -1.62. The molecule has 2 rings (SSSR count). The third kappa shape index (κ3) is 4.23. The summed E-state index contributed by atoms with van der Waals surface area (Å²) in [5, 5.41) is 13.1. The van der Waals surface area contributed by atoms with Gasteiger partial charge in [-0.15, -0.1) is 0 Å². The molecule has 24 heavy (non-hydrogen) atoms. The van der Waals surface area contributed by atoms with Crippen LogP contribution in [0.3, 0.4) is 0 Å². The van der Waals surface area contributed by atoms with Crippen molar-refractivity contribution in [3.63, 3.8) is 0 Å². The molecule has 2 amide bonds. The van der Waals surface area contributed by atoms with E-state index in [4.69, 9.17) is 11.6 Å². The molecule has 1 aliphatic heterocycles. The largest absolute Gasteiger partial charge is 0.372 e. The minimum Gasteiger partial charge on any atom is -0.372 e. The van der Waals surface area contributed by atoms with Gasteiger partial charge in [-0.1, -0.05) is 11.6 Å². The number of nitrogens with one attached hydrogen (secondary N) is 1. The first-order chi connectivity index (χ1) is 11.2. The van der Waals surface area contributed by atoms with E-state index in [0.29, 0.717) is 25.2 Å². The summed E-state index contributed by atoms with van der Waals surface area (Å²) >= 11 is 5.76. The Bertz CT molecular complexity index is 621. The maximum atomic E-state index is 13.3. The molecule has 1 atom stereocenters. The topological polar surface area (TPSA) is 72.9 Å². The van der Waals surface area contributed by atoms with Gasteiger partial charge < -0.3 is 20.2 Å². The molecule has 6 nitrogen and oxygen atoms in total. The van der Waals surface area contributed by atoms with E-state index in [1.807, 2.05) is 19.0 Å². The van der Waals surface area contributed by atoms with Crippen molar-refractivity contribution in [3.8, 4) is 0 Å². The average molecular weight is 358 g/mol. The summed E-state index contributed by atoms with van der Waals surface area (Å²) in [6.45, 7) is 1.39. The first-order valence-electron chi connectivity index (χ1n) is 7.62. The van der Waals surface area contributed by atoms with Gasteiger partial charge in [-0.2, -0.15) is 0 Å². The number of benzene rings is 1. The molecular formula is C16H21ClFN3O3. The van der Waals surface area contributed by atoms with Gasteiger partial charge in [0.25, 0.3) is 11.8 Å². The second kappa shape index (κ2) is 7.46. The Hall–Kier alpha value is -1.70. The van der Waals surface area contributed by atoms with E-state index < -0.39 is 23.2 Å². The van der Waals surface area contributed by atoms with Crippen molar-refractivity contribution in [2.24, 2.45) is 0 Å². The van der Waals surface area contributed by atoms with Crippen LogP contribution in [-0.4, -0.2) is 66.1 Å². The molecule has 0 spiro atoms. The average Bonchev–Trinajstić information content (AvgIpc) is 2.78. The van der Waals surface area contributed by atoms with Crippen molar-refractivity contribution >= 4 is 23.4 Å². The number of halogens is 2. The van der Waals surface area contributed by atoms with Gasteiger partial charge in [-0.05, 0) is 37.9 Å². The summed E-state index contributed by atoms with van der Waals surface area (Å²) in [4.78, 5) is 28.0. The number of aliphatic hydroxyl groups is 1. The number of carbonyl (C=O) groups excluding carboxylic acids is 2.